The molecule has 2 heterocycles. The fourth-order valence-corrected chi connectivity index (χ4v) is 3.80. The van der Waals surface area contributed by atoms with Crippen LogP contribution in [-0.2, 0) is 11.3 Å². The summed E-state index contributed by atoms with van der Waals surface area (Å²) in [5, 5.41) is 10.7. The minimum atomic E-state index is -0.361. The van der Waals surface area contributed by atoms with Crippen molar-refractivity contribution >= 4 is 34.5 Å². The molecule has 1 aromatic heterocycles. The summed E-state index contributed by atoms with van der Waals surface area (Å²) < 4.78 is 1.62. The second-order valence-electron chi connectivity index (χ2n) is 6.96. The number of aryl methyl sites for hydroxylation is 1. The molecule has 0 unspecified atom stereocenters. The summed E-state index contributed by atoms with van der Waals surface area (Å²) in [5.41, 5.74) is 4.23. The SMILES string of the molecule is Cc1ccc(-n2nnc(C(=O)Nc3ccc(CN4C(=O)CSC4=O)cc3)c2C)cc1. The highest BCUT2D eigenvalue weighted by Gasteiger charge is 2.29. The van der Waals surface area contributed by atoms with Gasteiger partial charge in [-0.3, -0.25) is 19.3 Å². The lowest BCUT2D eigenvalue weighted by Gasteiger charge is -2.13. The zero-order valence-electron chi connectivity index (χ0n) is 16.5. The van der Waals surface area contributed by atoms with E-state index in [0.29, 0.717) is 11.4 Å². The van der Waals surface area contributed by atoms with Gasteiger partial charge in [-0.2, -0.15) is 0 Å². The molecule has 9 heteroatoms. The molecule has 4 rings (SSSR count). The van der Waals surface area contributed by atoms with Crippen LogP contribution in [-0.4, -0.2) is 42.7 Å². The van der Waals surface area contributed by atoms with E-state index in [0.717, 1.165) is 28.6 Å². The van der Waals surface area contributed by atoms with Crippen LogP contribution in [0.4, 0.5) is 10.5 Å². The van der Waals surface area contributed by atoms with Gasteiger partial charge in [0.2, 0.25) is 5.91 Å². The second-order valence-corrected chi connectivity index (χ2v) is 7.88. The van der Waals surface area contributed by atoms with Crippen molar-refractivity contribution in [2.45, 2.75) is 20.4 Å². The van der Waals surface area contributed by atoms with Gasteiger partial charge in [-0.05, 0) is 43.7 Å². The second kappa shape index (κ2) is 8.11. The molecule has 3 amide bonds. The Morgan fingerprint density at radius 1 is 1.07 bits per heavy atom. The standard InChI is InChI=1S/C21H19N5O3S/c1-13-3-9-17(10-4-13)26-14(2)19(23-24-26)20(28)22-16-7-5-15(6-8-16)11-25-18(27)12-30-21(25)29/h3-10H,11-12H2,1-2H3,(H,22,28). The van der Waals surface area contributed by atoms with Crippen molar-refractivity contribution in [2.75, 3.05) is 11.1 Å². The number of benzene rings is 2. The molecule has 3 aromatic rings. The lowest BCUT2D eigenvalue weighted by molar-refractivity contribution is -0.125. The summed E-state index contributed by atoms with van der Waals surface area (Å²) in [6.45, 7) is 4.02. The molecule has 1 aliphatic heterocycles. The highest BCUT2D eigenvalue weighted by atomic mass is 32.2. The highest BCUT2D eigenvalue weighted by molar-refractivity contribution is 8.14. The van der Waals surface area contributed by atoms with Gasteiger partial charge in [0.15, 0.2) is 5.69 Å². The molecule has 2 aromatic carbocycles. The van der Waals surface area contributed by atoms with Crippen LogP contribution in [0.1, 0.15) is 27.3 Å². The summed E-state index contributed by atoms with van der Waals surface area (Å²) in [5.74, 6) is -0.357. The number of carbonyl (C=O) groups excluding carboxylic acids is 3. The first-order valence-electron chi connectivity index (χ1n) is 9.29. The Morgan fingerprint density at radius 2 is 1.77 bits per heavy atom. The van der Waals surface area contributed by atoms with Gasteiger partial charge in [0.05, 0.1) is 23.7 Å². The van der Waals surface area contributed by atoms with Crippen molar-refractivity contribution in [1.29, 1.82) is 0 Å². The summed E-state index contributed by atoms with van der Waals surface area (Å²) in [7, 11) is 0. The van der Waals surface area contributed by atoms with Crippen LogP contribution in [0.3, 0.4) is 0 Å². The molecule has 1 fully saturated rings. The number of hydrogen-bond acceptors (Lipinski definition) is 6. The number of amides is 3. The number of anilines is 1. The van der Waals surface area contributed by atoms with Gasteiger partial charge in [-0.15, -0.1) is 5.10 Å². The van der Waals surface area contributed by atoms with Crippen LogP contribution < -0.4 is 5.32 Å². The number of rotatable bonds is 5. The molecular formula is C21H19N5O3S. The van der Waals surface area contributed by atoms with Crippen molar-refractivity contribution in [3.63, 3.8) is 0 Å². The first-order valence-corrected chi connectivity index (χ1v) is 10.3. The van der Waals surface area contributed by atoms with E-state index in [2.05, 4.69) is 15.6 Å². The largest absolute Gasteiger partial charge is 0.321 e. The van der Waals surface area contributed by atoms with Gasteiger partial charge in [0.1, 0.15) is 0 Å². The third-order valence-electron chi connectivity index (χ3n) is 4.78. The van der Waals surface area contributed by atoms with Crippen molar-refractivity contribution in [1.82, 2.24) is 19.9 Å². The quantitative estimate of drug-likeness (QED) is 0.679. The Hall–Kier alpha value is -3.46. The van der Waals surface area contributed by atoms with Gasteiger partial charge < -0.3 is 5.32 Å². The molecule has 30 heavy (non-hydrogen) atoms. The van der Waals surface area contributed by atoms with Crippen LogP contribution >= 0.6 is 11.8 Å². The van der Waals surface area contributed by atoms with Crippen LogP contribution in [0.5, 0.6) is 0 Å². The Labute approximate surface area is 177 Å². The number of nitrogens with one attached hydrogen (secondary N) is 1. The average molecular weight is 421 g/mol. The molecule has 1 N–H and O–H groups in total. The summed E-state index contributed by atoms with van der Waals surface area (Å²) in [6.07, 6.45) is 0. The number of imide groups is 1. The zero-order chi connectivity index (χ0) is 21.3. The monoisotopic (exact) mass is 421 g/mol. The van der Waals surface area contributed by atoms with Gasteiger partial charge in [-0.25, -0.2) is 4.68 Å². The van der Waals surface area contributed by atoms with Gasteiger partial charge in [0, 0.05) is 5.69 Å². The number of carbonyl (C=O) groups is 3. The molecule has 152 valence electrons. The number of aromatic nitrogens is 3. The predicted octanol–water partition coefficient (Wildman–Crippen LogP) is 3.33. The minimum Gasteiger partial charge on any atom is -0.321 e. The fourth-order valence-electron chi connectivity index (χ4n) is 3.07. The van der Waals surface area contributed by atoms with E-state index in [1.807, 2.05) is 31.2 Å². The van der Waals surface area contributed by atoms with E-state index in [9.17, 15) is 14.4 Å². The van der Waals surface area contributed by atoms with Crippen LogP contribution in [0, 0.1) is 13.8 Å². The van der Waals surface area contributed by atoms with Crippen molar-refractivity contribution in [2.24, 2.45) is 0 Å². The highest BCUT2D eigenvalue weighted by Crippen LogP contribution is 2.22. The van der Waals surface area contributed by atoms with Gasteiger partial charge >= 0.3 is 0 Å². The lowest BCUT2D eigenvalue weighted by Crippen LogP contribution is -2.27. The van der Waals surface area contributed by atoms with Crippen LogP contribution in [0.15, 0.2) is 48.5 Å². The lowest BCUT2D eigenvalue weighted by atomic mass is 10.2. The van der Waals surface area contributed by atoms with E-state index in [1.165, 1.54) is 4.90 Å². The van der Waals surface area contributed by atoms with Crippen LogP contribution in [0.2, 0.25) is 0 Å². The summed E-state index contributed by atoms with van der Waals surface area (Å²) in [6, 6.07) is 14.8. The van der Waals surface area contributed by atoms with Gasteiger partial charge in [-0.1, -0.05) is 46.8 Å². The normalized spacial score (nSPS) is 13.7. The first-order chi connectivity index (χ1) is 14.4. The van der Waals surface area contributed by atoms with E-state index in [4.69, 9.17) is 0 Å². The number of hydrogen-bond donors (Lipinski definition) is 1. The Balaban J connectivity index is 1.45. The van der Waals surface area contributed by atoms with Crippen molar-refractivity contribution in [3.8, 4) is 5.69 Å². The molecule has 0 radical (unpaired) electrons. The molecular weight excluding hydrogens is 402 g/mol. The fraction of sp³-hybridized carbons (Fsp3) is 0.190. The number of nitrogens with zero attached hydrogens (tertiary/aromatic N) is 4. The molecule has 8 nitrogen and oxygen atoms in total. The Bertz CT molecular complexity index is 1110. The Morgan fingerprint density at radius 3 is 2.40 bits per heavy atom. The maximum atomic E-state index is 12.7. The van der Waals surface area contributed by atoms with E-state index in [-0.39, 0.29) is 35.0 Å². The summed E-state index contributed by atoms with van der Waals surface area (Å²) in [4.78, 5) is 37.3. The minimum absolute atomic E-state index is 0.186. The maximum absolute atomic E-state index is 12.7. The summed E-state index contributed by atoms with van der Waals surface area (Å²) >= 11 is 1.01. The molecule has 0 saturated carbocycles. The third kappa shape index (κ3) is 3.97. The smallest absolute Gasteiger partial charge is 0.289 e. The average Bonchev–Trinajstić information content (AvgIpc) is 3.27. The van der Waals surface area contributed by atoms with Crippen LogP contribution in [0.25, 0.3) is 5.69 Å². The van der Waals surface area contributed by atoms with E-state index in [1.54, 1.807) is 35.9 Å². The molecule has 0 spiro atoms. The van der Waals surface area contributed by atoms with E-state index < -0.39 is 0 Å². The van der Waals surface area contributed by atoms with E-state index >= 15 is 0 Å². The first kappa shape index (κ1) is 19.8. The van der Waals surface area contributed by atoms with Crippen molar-refractivity contribution in [3.05, 3.63) is 71.0 Å². The molecule has 1 aliphatic rings. The van der Waals surface area contributed by atoms with Gasteiger partial charge in [0.25, 0.3) is 11.1 Å². The molecule has 0 atom stereocenters. The van der Waals surface area contributed by atoms with Crippen molar-refractivity contribution < 1.29 is 14.4 Å². The third-order valence-corrected chi connectivity index (χ3v) is 5.64. The predicted molar refractivity (Wildman–Crippen MR) is 114 cm³/mol. The Kier molecular flexibility index (Phi) is 5.37. The number of thioether (sulfide) groups is 1. The zero-order valence-corrected chi connectivity index (χ0v) is 17.3. The molecule has 0 aliphatic carbocycles. The topological polar surface area (TPSA) is 97.2 Å². The maximum Gasteiger partial charge on any atom is 0.289 e. The molecule has 0 bridgehead atoms. The molecule has 1 saturated heterocycles.